The average molecular weight is 400 g/mol. The summed E-state index contributed by atoms with van der Waals surface area (Å²) in [6.45, 7) is -0.631. The van der Waals surface area contributed by atoms with Gasteiger partial charge in [0.2, 0.25) is 5.91 Å². The van der Waals surface area contributed by atoms with E-state index < -0.39 is 40.7 Å². The lowest BCUT2D eigenvalue weighted by atomic mass is 10.1. The van der Waals surface area contributed by atoms with Crippen LogP contribution in [0.3, 0.4) is 0 Å². The van der Waals surface area contributed by atoms with Gasteiger partial charge in [0, 0.05) is 6.07 Å². The van der Waals surface area contributed by atoms with Crippen LogP contribution in [0.2, 0.25) is 0 Å². The van der Waals surface area contributed by atoms with Crippen molar-refractivity contribution in [1.29, 1.82) is 0 Å². The molecule has 2 aromatic carbocycles. The van der Waals surface area contributed by atoms with Crippen molar-refractivity contribution < 1.29 is 23.7 Å². The van der Waals surface area contributed by atoms with Gasteiger partial charge in [-0.2, -0.15) is 0 Å². The maximum absolute atomic E-state index is 13.2. The predicted octanol–water partition coefficient (Wildman–Crippen LogP) is 2.58. The van der Waals surface area contributed by atoms with Crippen molar-refractivity contribution in [2.45, 2.75) is 0 Å². The second-order valence-corrected chi connectivity index (χ2v) is 6.86. The van der Waals surface area contributed by atoms with Gasteiger partial charge in [-0.3, -0.25) is 29.4 Å². The van der Waals surface area contributed by atoms with Crippen molar-refractivity contribution >= 4 is 50.1 Å². The first-order valence-corrected chi connectivity index (χ1v) is 8.66. The predicted molar refractivity (Wildman–Crippen MR) is 96.7 cm³/mol. The quantitative estimate of drug-likeness (QED) is 0.408. The van der Waals surface area contributed by atoms with E-state index in [0.717, 1.165) is 17.4 Å². The zero-order valence-corrected chi connectivity index (χ0v) is 14.7. The van der Waals surface area contributed by atoms with E-state index in [1.807, 2.05) is 0 Å². The molecule has 0 spiro atoms. The monoisotopic (exact) mass is 400 g/mol. The van der Waals surface area contributed by atoms with Crippen LogP contribution >= 0.6 is 11.3 Å². The highest BCUT2D eigenvalue weighted by Crippen LogP contribution is 2.31. The lowest BCUT2D eigenvalue weighted by Crippen LogP contribution is -2.37. The topological polar surface area (TPSA) is 123 Å². The van der Waals surface area contributed by atoms with E-state index in [1.165, 1.54) is 30.3 Å². The Hall–Kier alpha value is -3.73. The zero-order valence-electron chi connectivity index (χ0n) is 13.8. The number of anilines is 1. The van der Waals surface area contributed by atoms with Crippen molar-refractivity contribution in [3.63, 3.8) is 0 Å². The summed E-state index contributed by atoms with van der Waals surface area (Å²) < 4.78 is 13.8. The van der Waals surface area contributed by atoms with Gasteiger partial charge >= 0.3 is 0 Å². The maximum atomic E-state index is 13.2. The number of aromatic nitrogens is 1. The van der Waals surface area contributed by atoms with Gasteiger partial charge < -0.3 is 5.32 Å². The zero-order chi connectivity index (χ0) is 20.0. The van der Waals surface area contributed by atoms with E-state index in [0.29, 0.717) is 15.1 Å². The third kappa shape index (κ3) is 2.87. The first kappa shape index (κ1) is 17.7. The number of imide groups is 1. The van der Waals surface area contributed by atoms with Gasteiger partial charge in [0.1, 0.15) is 17.9 Å². The number of carbonyl (C=O) groups excluding carboxylic acids is 3. The molecule has 1 N–H and O–H groups in total. The molecule has 0 atom stereocenters. The van der Waals surface area contributed by atoms with Crippen molar-refractivity contribution in [2.24, 2.45) is 0 Å². The number of nitro benzene ring substituents is 1. The Kier molecular flexibility index (Phi) is 4.08. The second-order valence-electron chi connectivity index (χ2n) is 5.83. The van der Waals surface area contributed by atoms with Crippen LogP contribution in [0.5, 0.6) is 0 Å². The van der Waals surface area contributed by atoms with Gasteiger partial charge in [-0.05, 0) is 24.3 Å². The molecule has 1 aliphatic rings. The molecular weight excluding hydrogens is 391 g/mol. The highest BCUT2D eigenvalue weighted by Gasteiger charge is 2.41. The van der Waals surface area contributed by atoms with Crippen molar-refractivity contribution in [1.82, 2.24) is 9.88 Å². The molecule has 2 heterocycles. The summed E-state index contributed by atoms with van der Waals surface area (Å²) in [5.41, 5.74) is -0.465. The number of benzene rings is 2. The Morgan fingerprint density at radius 2 is 2.04 bits per heavy atom. The smallest absolute Gasteiger partial charge is 0.282 e. The normalized spacial score (nSPS) is 13.1. The number of nitrogens with one attached hydrogen (secondary N) is 1. The Balaban J connectivity index is 1.54. The second kappa shape index (κ2) is 6.46. The fourth-order valence-electron chi connectivity index (χ4n) is 2.87. The first-order chi connectivity index (χ1) is 13.3. The molecule has 0 saturated carbocycles. The molecule has 0 unspecified atom stereocenters. The van der Waals surface area contributed by atoms with Crippen LogP contribution in [-0.4, -0.2) is 39.1 Å². The number of amides is 3. The number of halogens is 1. The van der Waals surface area contributed by atoms with E-state index in [-0.39, 0.29) is 16.3 Å². The van der Waals surface area contributed by atoms with Crippen LogP contribution in [0.15, 0.2) is 36.4 Å². The van der Waals surface area contributed by atoms with Crippen LogP contribution in [0.4, 0.5) is 15.2 Å². The highest BCUT2D eigenvalue weighted by molar-refractivity contribution is 7.22. The summed E-state index contributed by atoms with van der Waals surface area (Å²) in [5.74, 6) is -2.85. The Morgan fingerprint density at radius 3 is 2.79 bits per heavy atom. The molecule has 1 aliphatic heterocycles. The van der Waals surface area contributed by atoms with Crippen LogP contribution in [0.1, 0.15) is 20.7 Å². The maximum Gasteiger partial charge on any atom is 0.282 e. The third-order valence-electron chi connectivity index (χ3n) is 4.07. The first-order valence-electron chi connectivity index (χ1n) is 7.84. The van der Waals surface area contributed by atoms with E-state index in [9.17, 15) is 28.9 Å². The van der Waals surface area contributed by atoms with Crippen LogP contribution in [-0.2, 0) is 4.79 Å². The minimum atomic E-state index is -0.908. The summed E-state index contributed by atoms with van der Waals surface area (Å²) in [4.78, 5) is 52.2. The molecule has 28 heavy (non-hydrogen) atoms. The minimum Gasteiger partial charge on any atom is -0.300 e. The summed E-state index contributed by atoms with van der Waals surface area (Å²) in [7, 11) is 0. The molecule has 1 aromatic heterocycles. The fraction of sp³-hybridized carbons (Fsp3) is 0.0588. The molecule has 4 rings (SSSR count). The molecule has 0 radical (unpaired) electrons. The molecule has 3 amide bonds. The van der Waals surface area contributed by atoms with Gasteiger partial charge in [-0.25, -0.2) is 9.37 Å². The van der Waals surface area contributed by atoms with E-state index in [1.54, 1.807) is 0 Å². The van der Waals surface area contributed by atoms with Crippen molar-refractivity contribution in [2.75, 3.05) is 11.9 Å². The highest BCUT2D eigenvalue weighted by atomic mass is 32.1. The summed E-state index contributed by atoms with van der Waals surface area (Å²) in [5, 5.41) is 13.7. The van der Waals surface area contributed by atoms with E-state index in [2.05, 4.69) is 10.3 Å². The summed E-state index contributed by atoms with van der Waals surface area (Å²) in [6, 6.07) is 7.67. The number of hydrogen-bond acceptors (Lipinski definition) is 7. The van der Waals surface area contributed by atoms with Gasteiger partial charge in [0.15, 0.2) is 5.13 Å². The van der Waals surface area contributed by atoms with Crippen LogP contribution in [0.25, 0.3) is 10.2 Å². The number of hydrogen-bond donors (Lipinski definition) is 1. The molecule has 0 saturated heterocycles. The number of carbonyl (C=O) groups is 3. The molecule has 0 bridgehead atoms. The van der Waals surface area contributed by atoms with Crippen LogP contribution < -0.4 is 5.32 Å². The van der Waals surface area contributed by atoms with E-state index >= 15 is 0 Å². The number of nitro groups is 1. The van der Waals surface area contributed by atoms with Gasteiger partial charge in [-0.15, -0.1) is 0 Å². The molecule has 11 heteroatoms. The molecule has 9 nitrogen and oxygen atoms in total. The van der Waals surface area contributed by atoms with E-state index in [4.69, 9.17) is 0 Å². The Bertz CT molecular complexity index is 1190. The molecule has 0 aliphatic carbocycles. The number of thiazole rings is 1. The Labute approximate surface area is 159 Å². The third-order valence-corrected chi connectivity index (χ3v) is 5.01. The largest absolute Gasteiger partial charge is 0.300 e. The van der Waals surface area contributed by atoms with Crippen molar-refractivity contribution in [3.05, 3.63) is 63.5 Å². The van der Waals surface area contributed by atoms with Gasteiger partial charge in [0.25, 0.3) is 17.5 Å². The lowest BCUT2D eigenvalue weighted by molar-refractivity contribution is -0.385. The fourth-order valence-corrected chi connectivity index (χ4v) is 3.77. The van der Waals surface area contributed by atoms with Crippen LogP contribution in [0, 0.1) is 15.9 Å². The number of rotatable bonds is 4. The molecular formula is C17H9FN4O5S. The van der Waals surface area contributed by atoms with Gasteiger partial charge in [0.05, 0.1) is 20.7 Å². The standard InChI is InChI=1S/C17H9FN4O5S/c18-8-4-5-10-12(6-8)28-17(19-10)20-13(23)7-21-15(24)9-2-1-3-11(22(26)27)14(9)16(21)25/h1-6H,7H2,(H,19,20,23). The average Bonchev–Trinajstić information content (AvgIpc) is 3.14. The Morgan fingerprint density at radius 1 is 1.25 bits per heavy atom. The molecule has 0 fully saturated rings. The lowest BCUT2D eigenvalue weighted by Gasteiger charge is -2.12. The SMILES string of the molecule is O=C(CN1C(=O)c2cccc([N+](=O)[O-])c2C1=O)Nc1nc2ccc(F)cc2s1. The summed E-state index contributed by atoms with van der Waals surface area (Å²) in [6.07, 6.45) is 0. The number of nitrogens with zero attached hydrogens (tertiary/aromatic N) is 3. The minimum absolute atomic E-state index is 0.123. The summed E-state index contributed by atoms with van der Waals surface area (Å²) >= 11 is 1.03. The van der Waals surface area contributed by atoms with Crippen molar-refractivity contribution in [3.8, 4) is 0 Å². The molecule has 140 valence electrons. The molecule has 3 aromatic rings. The van der Waals surface area contributed by atoms with Gasteiger partial charge in [-0.1, -0.05) is 17.4 Å². The number of fused-ring (bicyclic) bond motifs is 2.